The highest BCUT2D eigenvalue weighted by molar-refractivity contribution is 5.99. The van der Waals surface area contributed by atoms with Gasteiger partial charge < -0.3 is 14.5 Å². The number of likely N-dealkylation sites (tertiary alicyclic amines) is 2. The monoisotopic (exact) mass is 479 g/mol. The van der Waals surface area contributed by atoms with Gasteiger partial charge in [-0.2, -0.15) is 0 Å². The number of carbonyl (C=O) groups excluding carboxylic acids is 3. The Morgan fingerprint density at radius 2 is 1.54 bits per heavy atom. The third-order valence-electron chi connectivity index (χ3n) is 7.48. The van der Waals surface area contributed by atoms with Crippen LogP contribution in [0.1, 0.15) is 52.0 Å². The maximum absolute atomic E-state index is 13.9. The largest absolute Gasteiger partial charge is 0.353 e. The van der Waals surface area contributed by atoms with Crippen LogP contribution in [0.25, 0.3) is 0 Å². The SMILES string of the molecule is Cc1ccccc1C(=O)N1[C@H](C(=O)N2CCCC2)COC12CCN(C(=O)c1ccc(F)cc1)CC2. The van der Waals surface area contributed by atoms with E-state index >= 15 is 0 Å². The van der Waals surface area contributed by atoms with Gasteiger partial charge in [0.1, 0.15) is 17.6 Å². The molecule has 3 heterocycles. The second kappa shape index (κ2) is 9.41. The summed E-state index contributed by atoms with van der Waals surface area (Å²) >= 11 is 0. The van der Waals surface area contributed by atoms with E-state index in [0.717, 1.165) is 18.4 Å². The molecule has 0 N–H and O–H groups in total. The molecule has 3 aliphatic rings. The van der Waals surface area contributed by atoms with Crippen LogP contribution >= 0.6 is 0 Å². The summed E-state index contributed by atoms with van der Waals surface area (Å²) < 4.78 is 19.6. The second-order valence-corrected chi connectivity index (χ2v) is 9.59. The van der Waals surface area contributed by atoms with Gasteiger partial charge in [0, 0.05) is 50.1 Å². The first-order valence-corrected chi connectivity index (χ1v) is 12.3. The second-order valence-electron chi connectivity index (χ2n) is 9.59. The standard InChI is InChI=1S/C27H30FN3O4/c1-19-6-2-3-7-22(19)25(33)31-23(26(34)29-14-4-5-15-29)18-35-27(31)12-16-30(17-13-27)24(32)20-8-10-21(28)11-9-20/h2-3,6-11,23H,4-5,12-18H2,1H3/t23-/m0/s1. The number of rotatable bonds is 3. The molecule has 5 rings (SSSR count). The number of halogens is 1. The minimum atomic E-state index is -0.945. The first kappa shape index (κ1) is 23.5. The molecule has 7 nitrogen and oxygen atoms in total. The zero-order chi connectivity index (χ0) is 24.6. The number of aryl methyl sites for hydroxylation is 1. The quantitative estimate of drug-likeness (QED) is 0.678. The molecule has 3 aliphatic heterocycles. The molecule has 2 aromatic carbocycles. The molecule has 1 spiro atoms. The number of amides is 3. The van der Waals surface area contributed by atoms with Gasteiger partial charge in [-0.05, 0) is 55.7 Å². The molecule has 0 radical (unpaired) electrons. The van der Waals surface area contributed by atoms with E-state index in [1.165, 1.54) is 24.3 Å². The van der Waals surface area contributed by atoms with Crippen LogP contribution < -0.4 is 0 Å². The van der Waals surface area contributed by atoms with Gasteiger partial charge in [-0.3, -0.25) is 19.3 Å². The van der Waals surface area contributed by atoms with Gasteiger partial charge in [0.05, 0.1) is 6.61 Å². The van der Waals surface area contributed by atoms with Crippen molar-refractivity contribution < 1.29 is 23.5 Å². The normalized spacial score (nSPS) is 21.5. The van der Waals surface area contributed by atoms with Crippen molar-refractivity contribution in [1.29, 1.82) is 0 Å². The number of carbonyl (C=O) groups is 3. The Morgan fingerprint density at radius 1 is 0.886 bits per heavy atom. The van der Waals surface area contributed by atoms with E-state index in [9.17, 15) is 18.8 Å². The molecule has 0 unspecified atom stereocenters. The van der Waals surface area contributed by atoms with E-state index in [0.29, 0.717) is 50.1 Å². The van der Waals surface area contributed by atoms with E-state index in [1.807, 2.05) is 30.0 Å². The van der Waals surface area contributed by atoms with Gasteiger partial charge in [0.25, 0.3) is 11.8 Å². The fourth-order valence-electron chi connectivity index (χ4n) is 5.48. The molecule has 2 aromatic rings. The molecule has 0 aliphatic carbocycles. The number of ether oxygens (including phenoxy) is 1. The van der Waals surface area contributed by atoms with E-state index in [4.69, 9.17) is 4.74 Å². The molecular formula is C27H30FN3O4. The molecule has 3 amide bonds. The Bertz CT molecular complexity index is 1120. The van der Waals surface area contributed by atoms with Gasteiger partial charge in [-0.1, -0.05) is 18.2 Å². The molecule has 184 valence electrons. The molecule has 8 heteroatoms. The predicted octanol–water partition coefficient (Wildman–Crippen LogP) is 3.23. The predicted molar refractivity (Wildman–Crippen MR) is 127 cm³/mol. The van der Waals surface area contributed by atoms with E-state index < -0.39 is 17.6 Å². The third-order valence-corrected chi connectivity index (χ3v) is 7.48. The highest BCUT2D eigenvalue weighted by atomic mass is 19.1. The smallest absolute Gasteiger partial charge is 0.257 e. The fraction of sp³-hybridized carbons (Fsp3) is 0.444. The molecule has 35 heavy (non-hydrogen) atoms. The minimum Gasteiger partial charge on any atom is -0.353 e. The van der Waals surface area contributed by atoms with E-state index in [2.05, 4.69) is 0 Å². The summed E-state index contributed by atoms with van der Waals surface area (Å²) in [7, 11) is 0. The first-order chi connectivity index (χ1) is 16.9. The van der Waals surface area contributed by atoms with Crippen molar-refractivity contribution in [3.8, 4) is 0 Å². The maximum Gasteiger partial charge on any atom is 0.257 e. The fourth-order valence-corrected chi connectivity index (χ4v) is 5.48. The molecule has 3 saturated heterocycles. The Balaban J connectivity index is 1.40. The minimum absolute atomic E-state index is 0.0638. The van der Waals surface area contributed by atoms with E-state index in [1.54, 1.807) is 15.9 Å². The van der Waals surface area contributed by atoms with E-state index in [-0.39, 0.29) is 24.3 Å². The summed E-state index contributed by atoms with van der Waals surface area (Å²) in [5, 5.41) is 0. The summed E-state index contributed by atoms with van der Waals surface area (Å²) in [4.78, 5) is 45.5. The Hall–Kier alpha value is -3.26. The molecule has 0 saturated carbocycles. The Kier molecular flexibility index (Phi) is 6.32. The Labute approximate surface area is 204 Å². The third kappa shape index (κ3) is 4.31. The van der Waals surface area contributed by atoms with Gasteiger partial charge in [-0.15, -0.1) is 0 Å². The molecule has 0 bridgehead atoms. The lowest BCUT2D eigenvalue weighted by Crippen LogP contribution is -2.60. The Morgan fingerprint density at radius 3 is 2.20 bits per heavy atom. The van der Waals surface area contributed by atoms with Crippen LogP contribution in [0, 0.1) is 12.7 Å². The van der Waals surface area contributed by atoms with Gasteiger partial charge in [0.15, 0.2) is 0 Å². The first-order valence-electron chi connectivity index (χ1n) is 12.3. The van der Waals surface area contributed by atoms with Crippen LogP contribution in [0.4, 0.5) is 4.39 Å². The van der Waals surface area contributed by atoms with Crippen LogP contribution in [0.3, 0.4) is 0 Å². The number of benzene rings is 2. The average Bonchev–Trinajstić information content (AvgIpc) is 3.53. The summed E-state index contributed by atoms with van der Waals surface area (Å²) in [6, 6.07) is 12.2. The number of piperidine rings is 1. The number of hydrogen-bond acceptors (Lipinski definition) is 4. The van der Waals surface area contributed by atoms with Crippen molar-refractivity contribution in [2.75, 3.05) is 32.8 Å². The highest BCUT2D eigenvalue weighted by Crippen LogP contribution is 2.39. The summed E-state index contributed by atoms with van der Waals surface area (Å²) in [5.41, 5.74) is 0.876. The van der Waals surface area contributed by atoms with Gasteiger partial charge in [-0.25, -0.2) is 4.39 Å². The van der Waals surface area contributed by atoms with Gasteiger partial charge >= 0.3 is 0 Å². The summed E-state index contributed by atoms with van der Waals surface area (Å²) in [6.45, 7) is 4.19. The van der Waals surface area contributed by atoms with Crippen molar-refractivity contribution in [2.45, 2.75) is 44.4 Å². The average molecular weight is 480 g/mol. The summed E-state index contributed by atoms with van der Waals surface area (Å²) in [5.74, 6) is -0.848. The van der Waals surface area contributed by atoms with Crippen molar-refractivity contribution in [3.63, 3.8) is 0 Å². The maximum atomic E-state index is 13.9. The lowest BCUT2D eigenvalue weighted by molar-refractivity contribution is -0.136. The van der Waals surface area contributed by atoms with Crippen LogP contribution in [0.15, 0.2) is 48.5 Å². The lowest BCUT2D eigenvalue weighted by Gasteiger charge is -2.45. The van der Waals surface area contributed by atoms with Gasteiger partial charge in [0.2, 0.25) is 5.91 Å². The zero-order valence-electron chi connectivity index (χ0n) is 19.9. The van der Waals surface area contributed by atoms with Crippen LogP contribution in [0.5, 0.6) is 0 Å². The molecular weight excluding hydrogens is 449 g/mol. The number of hydrogen-bond donors (Lipinski definition) is 0. The lowest BCUT2D eigenvalue weighted by atomic mass is 9.95. The van der Waals surface area contributed by atoms with Crippen molar-refractivity contribution in [2.24, 2.45) is 0 Å². The zero-order valence-corrected chi connectivity index (χ0v) is 19.9. The molecule has 3 fully saturated rings. The molecule has 1 atom stereocenters. The molecule has 0 aromatic heterocycles. The number of nitrogens with zero attached hydrogens (tertiary/aromatic N) is 3. The van der Waals surface area contributed by atoms with Crippen molar-refractivity contribution in [3.05, 3.63) is 71.0 Å². The topological polar surface area (TPSA) is 70.2 Å². The van der Waals surface area contributed by atoms with Crippen LogP contribution in [-0.2, 0) is 9.53 Å². The van der Waals surface area contributed by atoms with Crippen LogP contribution in [-0.4, -0.2) is 77.0 Å². The van der Waals surface area contributed by atoms with Crippen molar-refractivity contribution >= 4 is 17.7 Å². The highest BCUT2D eigenvalue weighted by Gasteiger charge is 2.55. The summed E-state index contributed by atoms with van der Waals surface area (Å²) in [6.07, 6.45) is 2.75. The van der Waals surface area contributed by atoms with Crippen molar-refractivity contribution in [1.82, 2.24) is 14.7 Å². The van der Waals surface area contributed by atoms with Crippen LogP contribution in [0.2, 0.25) is 0 Å².